The molecule has 0 saturated heterocycles. The van der Waals surface area contributed by atoms with Gasteiger partial charge in [0, 0.05) is 0 Å². The van der Waals surface area contributed by atoms with Gasteiger partial charge in [-0.15, -0.1) is 0 Å². The SMILES string of the molecule is Cc1cc(C(=O)NNC(=O)Cc2ccc3c(c2)OCCO3)c(C)o1. The van der Waals surface area contributed by atoms with E-state index < -0.39 is 5.91 Å². The van der Waals surface area contributed by atoms with Gasteiger partial charge in [0.25, 0.3) is 5.91 Å². The molecule has 0 atom stereocenters. The highest BCUT2D eigenvalue weighted by Gasteiger charge is 2.15. The Morgan fingerprint density at radius 1 is 1.04 bits per heavy atom. The summed E-state index contributed by atoms with van der Waals surface area (Å²) < 4.78 is 16.2. The molecular formula is C17H18N2O5. The maximum atomic E-state index is 12.0. The number of ether oxygens (including phenoxy) is 2. The van der Waals surface area contributed by atoms with E-state index in [2.05, 4.69) is 10.9 Å². The van der Waals surface area contributed by atoms with Crippen LogP contribution >= 0.6 is 0 Å². The fourth-order valence-corrected chi connectivity index (χ4v) is 2.48. The first-order valence-electron chi connectivity index (χ1n) is 7.57. The fourth-order valence-electron chi connectivity index (χ4n) is 2.48. The Hall–Kier alpha value is -2.96. The molecule has 1 aliphatic rings. The van der Waals surface area contributed by atoms with Gasteiger partial charge in [-0.3, -0.25) is 20.4 Å². The van der Waals surface area contributed by atoms with E-state index in [1.54, 1.807) is 38.1 Å². The molecule has 1 aromatic heterocycles. The van der Waals surface area contributed by atoms with E-state index in [0.29, 0.717) is 41.8 Å². The van der Waals surface area contributed by atoms with Crippen LogP contribution in [0.5, 0.6) is 11.5 Å². The number of hydrogen-bond acceptors (Lipinski definition) is 5. The Labute approximate surface area is 138 Å². The zero-order valence-electron chi connectivity index (χ0n) is 13.5. The zero-order valence-corrected chi connectivity index (χ0v) is 13.5. The quantitative estimate of drug-likeness (QED) is 0.836. The summed E-state index contributed by atoms with van der Waals surface area (Å²) in [5.74, 6) is 1.69. The van der Waals surface area contributed by atoms with Gasteiger partial charge < -0.3 is 13.9 Å². The van der Waals surface area contributed by atoms with Crippen LogP contribution in [0.4, 0.5) is 0 Å². The van der Waals surface area contributed by atoms with Crippen molar-refractivity contribution in [3.8, 4) is 11.5 Å². The topological polar surface area (TPSA) is 89.8 Å². The van der Waals surface area contributed by atoms with E-state index in [1.807, 2.05) is 0 Å². The molecule has 2 amide bonds. The van der Waals surface area contributed by atoms with E-state index >= 15 is 0 Å². The monoisotopic (exact) mass is 330 g/mol. The predicted molar refractivity (Wildman–Crippen MR) is 84.9 cm³/mol. The van der Waals surface area contributed by atoms with Crippen molar-refractivity contribution < 1.29 is 23.5 Å². The van der Waals surface area contributed by atoms with Gasteiger partial charge >= 0.3 is 0 Å². The van der Waals surface area contributed by atoms with Crippen LogP contribution in [0.25, 0.3) is 0 Å². The Morgan fingerprint density at radius 2 is 1.79 bits per heavy atom. The number of rotatable bonds is 3. The van der Waals surface area contributed by atoms with E-state index in [9.17, 15) is 9.59 Å². The van der Waals surface area contributed by atoms with Crippen molar-refractivity contribution in [2.45, 2.75) is 20.3 Å². The lowest BCUT2D eigenvalue weighted by Crippen LogP contribution is -2.42. The van der Waals surface area contributed by atoms with Crippen LogP contribution in [-0.2, 0) is 11.2 Å². The van der Waals surface area contributed by atoms with E-state index in [0.717, 1.165) is 5.56 Å². The molecule has 2 heterocycles. The summed E-state index contributed by atoms with van der Waals surface area (Å²) in [4.78, 5) is 24.0. The van der Waals surface area contributed by atoms with Crippen LogP contribution in [0.3, 0.4) is 0 Å². The average Bonchev–Trinajstić information content (AvgIpc) is 2.91. The number of hydrogen-bond donors (Lipinski definition) is 2. The van der Waals surface area contributed by atoms with Crippen molar-refractivity contribution in [2.75, 3.05) is 13.2 Å². The largest absolute Gasteiger partial charge is 0.486 e. The molecule has 0 unspecified atom stereocenters. The van der Waals surface area contributed by atoms with Gasteiger partial charge in [0.15, 0.2) is 11.5 Å². The minimum Gasteiger partial charge on any atom is -0.486 e. The number of furan rings is 1. The molecule has 0 bridgehead atoms. The molecule has 0 spiro atoms. The van der Waals surface area contributed by atoms with Crippen molar-refractivity contribution in [3.05, 3.63) is 46.9 Å². The van der Waals surface area contributed by atoms with Gasteiger partial charge in [-0.05, 0) is 37.6 Å². The van der Waals surface area contributed by atoms with Gasteiger partial charge in [0.05, 0.1) is 12.0 Å². The predicted octanol–water partition coefficient (Wildman–Crippen LogP) is 1.67. The number of fused-ring (bicyclic) bond motifs is 1. The molecule has 2 aromatic rings. The molecule has 1 aromatic carbocycles. The van der Waals surface area contributed by atoms with Crippen molar-refractivity contribution >= 4 is 11.8 Å². The summed E-state index contributed by atoms with van der Waals surface area (Å²) in [6.45, 7) is 4.46. The number of benzene rings is 1. The Bertz CT molecular complexity index is 781. The minimum atomic E-state index is -0.417. The molecule has 0 radical (unpaired) electrons. The standard InChI is InChI=1S/C17H18N2O5/c1-10-7-13(11(2)24-10)17(21)19-18-16(20)9-12-3-4-14-15(8-12)23-6-5-22-14/h3-4,7-8H,5-6,9H2,1-2H3,(H,18,20)(H,19,21). The molecule has 0 saturated carbocycles. The molecule has 0 aliphatic carbocycles. The molecule has 0 fully saturated rings. The summed E-state index contributed by atoms with van der Waals surface area (Å²) in [7, 11) is 0. The zero-order chi connectivity index (χ0) is 17.1. The molecule has 126 valence electrons. The normalized spacial score (nSPS) is 12.6. The molecule has 2 N–H and O–H groups in total. The minimum absolute atomic E-state index is 0.111. The second kappa shape index (κ2) is 6.66. The van der Waals surface area contributed by atoms with E-state index in [-0.39, 0.29) is 12.3 Å². The third-order valence-corrected chi connectivity index (χ3v) is 3.57. The third-order valence-electron chi connectivity index (χ3n) is 3.57. The van der Waals surface area contributed by atoms with Crippen LogP contribution in [0.2, 0.25) is 0 Å². The maximum Gasteiger partial charge on any atom is 0.273 e. The Balaban J connectivity index is 1.56. The van der Waals surface area contributed by atoms with E-state index in [4.69, 9.17) is 13.9 Å². The number of aryl methyl sites for hydroxylation is 2. The molecule has 1 aliphatic heterocycles. The Kier molecular flexibility index (Phi) is 4.41. The summed E-state index contributed by atoms with van der Waals surface area (Å²) >= 11 is 0. The van der Waals surface area contributed by atoms with Crippen LogP contribution in [0.15, 0.2) is 28.7 Å². The van der Waals surface area contributed by atoms with Crippen LogP contribution in [0, 0.1) is 13.8 Å². The Morgan fingerprint density at radius 3 is 2.50 bits per heavy atom. The van der Waals surface area contributed by atoms with Gasteiger partial charge in [0.2, 0.25) is 5.91 Å². The first-order chi connectivity index (χ1) is 11.5. The summed E-state index contributed by atoms with van der Waals surface area (Å²) in [5, 5.41) is 0. The second-order valence-corrected chi connectivity index (χ2v) is 5.48. The maximum absolute atomic E-state index is 12.0. The molecular weight excluding hydrogens is 312 g/mol. The highest BCUT2D eigenvalue weighted by atomic mass is 16.6. The molecule has 7 heteroatoms. The van der Waals surface area contributed by atoms with Crippen molar-refractivity contribution in [2.24, 2.45) is 0 Å². The van der Waals surface area contributed by atoms with Crippen molar-refractivity contribution in [1.29, 1.82) is 0 Å². The van der Waals surface area contributed by atoms with Gasteiger partial charge in [-0.1, -0.05) is 6.07 Å². The van der Waals surface area contributed by atoms with Crippen LogP contribution < -0.4 is 20.3 Å². The van der Waals surface area contributed by atoms with Crippen LogP contribution in [0.1, 0.15) is 27.4 Å². The highest BCUT2D eigenvalue weighted by molar-refractivity contribution is 5.96. The first-order valence-corrected chi connectivity index (χ1v) is 7.57. The number of amides is 2. The van der Waals surface area contributed by atoms with Crippen molar-refractivity contribution in [3.63, 3.8) is 0 Å². The number of carbonyl (C=O) groups excluding carboxylic acids is 2. The number of nitrogens with one attached hydrogen (secondary N) is 2. The fraction of sp³-hybridized carbons (Fsp3) is 0.294. The number of hydrazine groups is 1. The van der Waals surface area contributed by atoms with Gasteiger partial charge in [-0.25, -0.2) is 0 Å². The summed E-state index contributed by atoms with van der Waals surface area (Å²) in [5.41, 5.74) is 5.94. The smallest absolute Gasteiger partial charge is 0.273 e. The van der Waals surface area contributed by atoms with Crippen molar-refractivity contribution in [1.82, 2.24) is 10.9 Å². The second-order valence-electron chi connectivity index (χ2n) is 5.48. The third kappa shape index (κ3) is 3.51. The lowest BCUT2D eigenvalue weighted by molar-refractivity contribution is -0.121. The molecule has 7 nitrogen and oxygen atoms in total. The summed E-state index contributed by atoms with van der Waals surface area (Å²) in [6, 6.07) is 6.95. The first kappa shape index (κ1) is 15.9. The summed E-state index contributed by atoms with van der Waals surface area (Å²) in [6.07, 6.45) is 0.111. The molecule has 24 heavy (non-hydrogen) atoms. The highest BCUT2D eigenvalue weighted by Crippen LogP contribution is 2.30. The lowest BCUT2D eigenvalue weighted by atomic mass is 10.1. The lowest BCUT2D eigenvalue weighted by Gasteiger charge is -2.18. The van der Waals surface area contributed by atoms with Gasteiger partial charge in [0.1, 0.15) is 24.7 Å². The average molecular weight is 330 g/mol. The number of carbonyl (C=O) groups is 2. The van der Waals surface area contributed by atoms with Gasteiger partial charge in [-0.2, -0.15) is 0 Å². The van der Waals surface area contributed by atoms with E-state index in [1.165, 1.54) is 0 Å². The molecule has 3 rings (SSSR count). The van der Waals surface area contributed by atoms with Crippen LogP contribution in [-0.4, -0.2) is 25.0 Å².